The van der Waals surface area contributed by atoms with E-state index >= 15 is 0 Å². The lowest BCUT2D eigenvalue weighted by molar-refractivity contribution is -0.00319. The van der Waals surface area contributed by atoms with Crippen LogP contribution in [0.4, 0.5) is 4.79 Å². The highest BCUT2D eigenvalue weighted by molar-refractivity contribution is 5.67. The molecule has 15 heavy (non-hydrogen) atoms. The van der Waals surface area contributed by atoms with Crippen molar-refractivity contribution < 1.29 is 9.53 Å². The maximum atomic E-state index is 11.4. The fraction of sp³-hybridized carbons (Fsp3) is 0.917. The van der Waals surface area contributed by atoms with Crippen LogP contribution in [0.5, 0.6) is 0 Å². The molecule has 1 amide bonds. The molecular weight excluding hydrogens is 190 g/mol. The highest BCUT2D eigenvalue weighted by atomic mass is 16.6. The minimum Gasteiger partial charge on any atom is -0.443 e. The number of ether oxygens (including phenoxy) is 1. The Morgan fingerprint density at radius 1 is 1.33 bits per heavy atom. The van der Waals surface area contributed by atoms with E-state index in [4.69, 9.17) is 4.74 Å². The van der Waals surface area contributed by atoms with Crippen molar-refractivity contribution in [3.8, 4) is 0 Å². The summed E-state index contributed by atoms with van der Waals surface area (Å²) in [4.78, 5) is 11.4. The summed E-state index contributed by atoms with van der Waals surface area (Å²) < 4.78 is 5.40. The fourth-order valence-electron chi connectivity index (χ4n) is 1.38. The van der Waals surface area contributed by atoms with Gasteiger partial charge in [-0.05, 0) is 32.6 Å². The van der Waals surface area contributed by atoms with Crippen LogP contribution >= 0.6 is 0 Å². The molecule has 1 N–H and O–H groups in total. The van der Waals surface area contributed by atoms with Gasteiger partial charge in [-0.2, -0.15) is 0 Å². The second kappa shape index (κ2) is 6.70. The number of carbonyl (C=O) groups excluding carboxylic acids is 1. The second-order valence-electron chi connectivity index (χ2n) is 4.61. The molecule has 0 aromatic heterocycles. The predicted octanol–water partition coefficient (Wildman–Crippen LogP) is 3.34. The lowest BCUT2D eigenvalue weighted by Crippen LogP contribution is -2.39. The molecule has 0 heterocycles. The van der Waals surface area contributed by atoms with Gasteiger partial charge in [-0.1, -0.05) is 27.2 Å². The minimum atomic E-state index is -0.381. The summed E-state index contributed by atoms with van der Waals surface area (Å²) in [6.45, 7) is 10.9. The number of hydrogen-bond acceptors (Lipinski definition) is 2. The highest BCUT2D eigenvalue weighted by Gasteiger charge is 2.29. The van der Waals surface area contributed by atoms with E-state index in [-0.39, 0.29) is 11.7 Å². The van der Waals surface area contributed by atoms with E-state index < -0.39 is 0 Å². The van der Waals surface area contributed by atoms with E-state index in [1.54, 1.807) is 0 Å². The molecule has 0 saturated carbocycles. The molecule has 90 valence electrons. The third-order valence-corrected chi connectivity index (χ3v) is 2.78. The first-order valence-corrected chi connectivity index (χ1v) is 5.90. The van der Waals surface area contributed by atoms with Gasteiger partial charge in [0.05, 0.1) is 0 Å². The molecule has 0 aromatic carbocycles. The van der Waals surface area contributed by atoms with Crippen LogP contribution in [0.1, 0.15) is 53.9 Å². The van der Waals surface area contributed by atoms with Gasteiger partial charge < -0.3 is 10.1 Å². The topological polar surface area (TPSA) is 38.3 Å². The van der Waals surface area contributed by atoms with E-state index in [1.807, 2.05) is 20.8 Å². The van der Waals surface area contributed by atoms with E-state index in [9.17, 15) is 4.79 Å². The van der Waals surface area contributed by atoms with Crippen LogP contribution in [0.15, 0.2) is 0 Å². The smallest absolute Gasteiger partial charge is 0.407 e. The fourth-order valence-corrected chi connectivity index (χ4v) is 1.38. The highest BCUT2D eigenvalue weighted by Crippen LogP contribution is 2.25. The van der Waals surface area contributed by atoms with Crippen molar-refractivity contribution in [2.45, 2.75) is 59.5 Å². The molecular formula is C12H25NO2. The summed E-state index contributed by atoms with van der Waals surface area (Å²) in [5.74, 6) is 0.384. The largest absolute Gasteiger partial charge is 0.443 e. The van der Waals surface area contributed by atoms with Crippen molar-refractivity contribution in [1.82, 2.24) is 5.32 Å². The maximum Gasteiger partial charge on any atom is 0.407 e. The van der Waals surface area contributed by atoms with Gasteiger partial charge in [-0.25, -0.2) is 4.79 Å². The Kier molecular flexibility index (Phi) is 6.37. The predicted molar refractivity (Wildman–Crippen MR) is 62.9 cm³/mol. The average molecular weight is 215 g/mol. The molecule has 0 rings (SSSR count). The van der Waals surface area contributed by atoms with Crippen molar-refractivity contribution in [3.05, 3.63) is 0 Å². The Balaban J connectivity index is 4.05. The SMILES string of the molecule is CCCNC(=O)OC(C)(C)C(C)CCC. The van der Waals surface area contributed by atoms with Crippen molar-refractivity contribution >= 4 is 6.09 Å². The van der Waals surface area contributed by atoms with Gasteiger partial charge in [0.2, 0.25) is 0 Å². The van der Waals surface area contributed by atoms with Crippen molar-refractivity contribution in [2.75, 3.05) is 6.54 Å². The summed E-state index contributed by atoms with van der Waals surface area (Å²) in [7, 11) is 0. The second-order valence-corrected chi connectivity index (χ2v) is 4.61. The van der Waals surface area contributed by atoms with Crippen molar-refractivity contribution in [2.24, 2.45) is 5.92 Å². The van der Waals surface area contributed by atoms with Crippen LogP contribution in [0.25, 0.3) is 0 Å². The summed E-state index contributed by atoms with van der Waals surface area (Å²) >= 11 is 0. The van der Waals surface area contributed by atoms with Crippen LogP contribution in [0.3, 0.4) is 0 Å². The zero-order chi connectivity index (χ0) is 11.9. The number of carbonyl (C=O) groups is 1. The van der Waals surface area contributed by atoms with Crippen LogP contribution in [0.2, 0.25) is 0 Å². The molecule has 0 aromatic rings. The van der Waals surface area contributed by atoms with Crippen molar-refractivity contribution in [3.63, 3.8) is 0 Å². The van der Waals surface area contributed by atoms with Gasteiger partial charge in [-0.15, -0.1) is 0 Å². The van der Waals surface area contributed by atoms with Gasteiger partial charge in [0.15, 0.2) is 0 Å². The number of alkyl carbamates (subject to hydrolysis) is 1. The molecule has 0 saturated heterocycles. The van der Waals surface area contributed by atoms with E-state index in [0.717, 1.165) is 19.3 Å². The first-order valence-electron chi connectivity index (χ1n) is 5.90. The Bertz CT molecular complexity index is 190. The first-order chi connectivity index (χ1) is 6.94. The standard InChI is InChI=1S/C12H25NO2/c1-6-8-10(3)12(4,5)15-11(14)13-9-7-2/h10H,6-9H2,1-5H3,(H,13,14). The number of rotatable bonds is 6. The lowest BCUT2D eigenvalue weighted by Gasteiger charge is -2.31. The molecule has 0 bridgehead atoms. The van der Waals surface area contributed by atoms with Gasteiger partial charge >= 0.3 is 6.09 Å². The molecule has 1 atom stereocenters. The minimum absolute atomic E-state index is 0.301. The Morgan fingerprint density at radius 3 is 2.40 bits per heavy atom. The third kappa shape index (κ3) is 5.65. The Labute approximate surface area is 93.6 Å². The third-order valence-electron chi connectivity index (χ3n) is 2.78. The first kappa shape index (κ1) is 14.3. The van der Waals surface area contributed by atoms with Crippen LogP contribution < -0.4 is 5.32 Å². The molecule has 3 heteroatoms. The zero-order valence-electron chi connectivity index (χ0n) is 10.7. The van der Waals surface area contributed by atoms with Gasteiger partial charge in [0, 0.05) is 6.54 Å². The summed E-state index contributed by atoms with van der Waals surface area (Å²) in [5, 5.41) is 2.72. The van der Waals surface area contributed by atoms with E-state index in [1.165, 1.54) is 0 Å². The molecule has 3 nitrogen and oxygen atoms in total. The average Bonchev–Trinajstić information content (AvgIpc) is 2.14. The van der Waals surface area contributed by atoms with E-state index in [2.05, 4.69) is 19.2 Å². The zero-order valence-corrected chi connectivity index (χ0v) is 10.7. The molecule has 0 aliphatic heterocycles. The van der Waals surface area contributed by atoms with Crippen LogP contribution in [-0.2, 0) is 4.74 Å². The van der Waals surface area contributed by atoms with Crippen LogP contribution in [0, 0.1) is 5.92 Å². The number of hydrogen-bond donors (Lipinski definition) is 1. The van der Waals surface area contributed by atoms with Gasteiger partial charge in [0.25, 0.3) is 0 Å². The molecule has 0 aliphatic rings. The summed E-state index contributed by atoms with van der Waals surface area (Å²) in [6.07, 6.45) is 2.82. The molecule has 0 fully saturated rings. The molecule has 0 spiro atoms. The molecule has 0 aliphatic carbocycles. The van der Waals surface area contributed by atoms with Crippen LogP contribution in [-0.4, -0.2) is 18.2 Å². The molecule has 0 radical (unpaired) electrons. The maximum absolute atomic E-state index is 11.4. The number of nitrogens with one attached hydrogen (secondary N) is 1. The lowest BCUT2D eigenvalue weighted by atomic mass is 9.89. The quantitative estimate of drug-likeness (QED) is 0.738. The molecule has 1 unspecified atom stereocenters. The summed E-state index contributed by atoms with van der Waals surface area (Å²) in [6, 6.07) is 0. The van der Waals surface area contributed by atoms with Gasteiger partial charge in [0.1, 0.15) is 5.60 Å². The Hall–Kier alpha value is -0.730. The van der Waals surface area contributed by atoms with E-state index in [0.29, 0.717) is 12.5 Å². The normalized spacial score (nSPS) is 13.4. The van der Waals surface area contributed by atoms with Crippen molar-refractivity contribution in [1.29, 1.82) is 0 Å². The monoisotopic (exact) mass is 215 g/mol. The Morgan fingerprint density at radius 2 is 1.93 bits per heavy atom. The number of amides is 1. The summed E-state index contributed by atoms with van der Waals surface area (Å²) in [5.41, 5.74) is -0.381. The van der Waals surface area contributed by atoms with Gasteiger partial charge in [-0.3, -0.25) is 0 Å².